The molecule has 1 N–H and O–H groups in total. The fourth-order valence-electron chi connectivity index (χ4n) is 1.86. The summed E-state index contributed by atoms with van der Waals surface area (Å²) in [7, 11) is 0. The van der Waals surface area contributed by atoms with Crippen LogP contribution in [0, 0.1) is 6.92 Å². The normalized spacial score (nSPS) is 10.7. The van der Waals surface area contributed by atoms with Crippen molar-refractivity contribution in [2.24, 2.45) is 0 Å². The molecule has 1 amide bonds. The molecule has 2 heterocycles. The summed E-state index contributed by atoms with van der Waals surface area (Å²) < 4.78 is 1.04. The van der Waals surface area contributed by atoms with Crippen molar-refractivity contribution in [3.63, 3.8) is 0 Å². The van der Waals surface area contributed by atoms with E-state index in [1.54, 1.807) is 23.6 Å². The average Bonchev–Trinajstić information content (AvgIpc) is 2.78. The molecule has 0 atom stereocenters. The number of pyridine rings is 1. The molecular formula is C14H10ClN3OS. The van der Waals surface area contributed by atoms with Gasteiger partial charge < -0.3 is 5.32 Å². The monoisotopic (exact) mass is 303 g/mol. The van der Waals surface area contributed by atoms with Crippen molar-refractivity contribution >= 4 is 44.7 Å². The van der Waals surface area contributed by atoms with E-state index in [2.05, 4.69) is 15.3 Å². The Balaban J connectivity index is 1.89. The Morgan fingerprint density at radius 2 is 2.20 bits per heavy atom. The van der Waals surface area contributed by atoms with Crippen LogP contribution < -0.4 is 5.32 Å². The zero-order chi connectivity index (χ0) is 14.1. The summed E-state index contributed by atoms with van der Waals surface area (Å²) in [5.41, 5.74) is 2.01. The second-order valence-corrected chi connectivity index (χ2v) is 5.87. The molecule has 0 aliphatic carbocycles. The summed E-state index contributed by atoms with van der Waals surface area (Å²) in [5, 5.41) is 4.20. The number of aromatic nitrogens is 2. The number of nitrogens with zero attached hydrogens (tertiary/aromatic N) is 2. The highest BCUT2D eigenvalue weighted by atomic mass is 35.5. The number of fused-ring (bicyclic) bond motifs is 1. The third-order valence-corrected chi connectivity index (χ3v) is 4.03. The minimum absolute atomic E-state index is 0.274. The Labute approximate surface area is 124 Å². The number of hydrogen-bond donors (Lipinski definition) is 1. The summed E-state index contributed by atoms with van der Waals surface area (Å²) in [4.78, 5) is 20.4. The molecule has 0 saturated heterocycles. The summed E-state index contributed by atoms with van der Waals surface area (Å²) in [6.07, 6.45) is 3.00. The quantitative estimate of drug-likeness (QED) is 0.781. The molecule has 3 rings (SSSR count). The maximum Gasteiger partial charge on any atom is 0.258 e. The first-order chi connectivity index (χ1) is 9.63. The number of halogens is 1. The molecule has 6 heteroatoms. The minimum atomic E-state index is -0.274. The molecule has 3 aromatic rings. The fraction of sp³-hybridized carbons (Fsp3) is 0.0714. The highest BCUT2D eigenvalue weighted by Crippen LogP contribution is 2.25. The van der Waals surface area contributed by atoms with E-state index in [1.807, 2.05) is 25.1 Å². The molecule has 1 aromatic carbocycles. The zero-order valence-corrected chi connectivity index (χ0v) is 12.1. The number of carbonyl (C=O) groups excluding carboxylic acids is 1. The Morgan fingerprint density at radius 1 is 1.35 bits per heavy atom. The number of nitrogens with one attached hydrogen (secondary N) is 1. The van der Waals surface area contributed by atoms with E-state index >= 15 is 0 Å². The maximum absolute atomic E-state index is 12.1. The SMILES string of the molecule is Cc1nc2ccc(NC(=O)c3cnccc3Cl)cc2s1. The Kier molecular flexibility index (Phi) is 3.38. The molecule has 0 radical (unpaired) electrons. The molecule has 100 valence electrons. The minimum Gasteiger partial charge on any atom is -0.322 e. The van der Waals surface area contributed by atoms with Crippen LogP contribution in [-0.2, 0) is 0 Å². The molecule has 0 saturated carbocycles. The number of rotatable bonds is 2. The molecule has 4 nitrogen and oxygen atoms in total. The van der Waals surface area contributed by atoms with Crippen molar-refractivity contribution in [3.8, 4) is 0 Å². The van der Waals surface area contributed by atoms with Gasteiger partial charge in [-0.05, 0) is 31.2 Å². The van der Waals surface area contributed by atoms with Gasteiger partial charge in [-0.15, -0.1) is 11.3 Å². The zero-order valence-electron chi connectivity index (χ0n) is 10.6. The lowest BCUT2D eigenvalue weighted by molar-refractivity contribution is 0.102. The highest BCUT2D eigenvalue weighted by molar-refractivity contribution is 7.18. The van der Waals surface area contributed by atoms with Crippen molar-refractivity contribution < 1.29 is 4.79 Å². The van der Waals surface area contributed by atoms with Gasteiger partial charge in [0.05, 0.1) is 25.8 Å². The number of benzene rings is 1. The van der Waals surface area contributed by atoms with E-state index in [4.69, 9.17) is 11.6 Å². The molecular weight excluding hydrogens is 294 g/mol. The van der Waals surface area contributed by atoms with Gasteiger partial charge in [0.15, 0.2) is 0 Å². The van der Waals surface area contributed by atoms with Crippen molar-refractivity contribution in [1.29, 1.82) is 0 Å². The van der Waals surface area contributed by atoms with Crippen molar-refractivity contribution in [2.75, 3.05) is 5.32 Å². The molecule has 20 heavy (non-hydrogen) atoms. The predicted octanol–water partition coefficient (Wildman–Crippen LogP) is 3.91. The Bertz CT molecular complexity index is 800. The second kappa shape index (κ2) is 5.19. The van der Waals surface area contributed by atoms with Gasteiger partial charge in [0.25, 0.3) is 5.91 Å². The summed E-state index contributed by atoms with van der Waals surface area (Å²) >= 11 is 7.57. The second-order valence-electron chi connectivity index (χ2n) is 4.23. The molecule has 0 aliphatic heterocycles. The number of thiazole rings is 1. The van der Waals surface area contributed by atoms with Crippen molar-refractivity contribution in [1.82, 2.24) is 9.97 Å². The Hall–Kier alpha value is -1.98. The predicted molar refractivity (Wildman–Crippen MR) is 81.6 cm³/mol. The lowest BCUT2D eigenvalue weighted by Crippen LogP contribution is -2.12. The fourth-order valence-corrected chi connectivity index (χ4v) is 2.92. The summed E-state index contributed by atoms with van der Waals surface area (Å²) in [6.45, 7) is 1.96. The average molecular weight is 304 g/mol. The smallest absolute Gasteiger partial charge is 0.258 e. The van der Waals surface area contributed by atoms with Crippen LogP contribution in [0.1, 0.15) is 15.4 Å². The third-order valence-electron chi connectivity index (χ3n) is 2.77. The van der Waals surface area contributed by atoms with Crippen molar-refractivity contribution in [3.05, 3.63) is 52.3 Å². The lowest BCUT2D eigenvalue weighted by atomic mass is 10.2. The van der Waals surface area contributed by atoms with Gasteiger partial charge in [0, 0.05) is 18.1 Å². The summed E-state index contributed by atoms with van der Waals surface area (Å²) in [5.74, 6) is -0.274. The highest BCUT2D eigenvalue weighted by Gasteiger charge is 2.11. The van der Waals surface area contributed by atoms with E-state index in [-0.39, 0.29) is 5.91 Å². The molecule has 0 spiro atoms. The molecule has 0 unspecified atom stereocenters. The van der Waals surface area contributed by atoms with Gasteiger partial charge in [-0.25, -0.2) is 4.98 Å². The lowest BCUT2D eigenvalue weighted by Gasteiger charge is -2.06. The number of anilines is 1. The van der Waals surface area contributed by atoms with Gasteiger partial charge in [-0.2, -0.15) is 0 Å². The first kappa shape index (κ1) is 13.0. The van der Waals surface area contributed by atoms with Gasteiger partial charge in [0.2, 0.25) is 0 Å². The number of carbonyl (C=O) groups is 1. The van der Waals surface area contributed by atoms with Crippen LogP contribution in [0.2, 0.25) is 5.02 Å². The summed E-state index contributed by atoms with van der Waals surface area (Å²) in [6, 6.07) is 7.21. The largest absolute Gasteiger partial charge is 0.322 e. The van der Waals surface area contributed by atoms with E-state index in [9.17, 15) is 4.79 Å². The number of hydrogen-bond acceptors (Lipinski definition) is 4. The van der Waals surface area contributed by atoms with E-state index < -0.39 is 0 Å². The molecule has 0 aliphatic rings. The van der Waals surface area contributed by atoms with Crippen LogP contribution >= 0.6 is 22.9 Å². The van der Waals surface area contributed by atoms with Crippen molar-refractivity contribution in [2.45, 2.75) is 6.92 Å². The van der Waals surface area contributed by atoms with Crippen LogP contribution in [0.25, 0.3) is 10.2 Å². The molecule has 0 bridgehead atoms. The molecule has 2 aromatic heterocycles. The van der Waals surface area contributed by atoms with Crippen LogP contribution in [0.3, 0.4) is 0 Å². The van der Waals surface area contributed by atoms with Gasteiger partial charge in [-0.1, -0.05) is 11.6 Å². The van der Waals surface area contributed by atoms with E-state index in [0.29, 0.717) is 16.3 Å². The number of amides is 1. The number of aryl methyl sites for hydroxylation is 1. The van der Waals surface area contributed by atoms with Crippen LogP contribution in [0.5, 0.6) is 0 Å². The van der Waals surface area contributed by atoms with Gasteiger partial charge >= 0.3 is 0 Å². The Morgan fingerprint density at radius 3 is 3.00 bits per heavy atom. The van der Waals surface area contributed by atoms with Crippen LogP contribution in [0.4, 0.5) is 5.69 Å². The molecule has 0 fully saturated rings. The topological polar surface area (TPSA) is 54.9 Å². The van der Waals surface area contributed by atoms with Gasteiger partial charge in [0.1, 0.15) is 0 Å². The van der Waals surface area contributed by atoms with Crippen LogP contribution in [0.15, 0.2) is 36.7 Å². The van der Waals surface area contributed by atoms with E-state index in [1.165, 1.54) is 6.20 Å². The maximum atomic E-state index is 12.1. The third kappa shape index (κ3) is 2.50. The van der Waals surface area contributed by atoms with E-state index in [0.717, 1.165) is 15.2 Å². The first-order valence-electron chi connectivity index (χ1n) is 5.91. The van der Waals surface area contributed by atoms with Gasteiger partial charge in [-0.3, -0.25) is 9.78 Å². The van der Waals surface area contributed by atoms with Crippen LogP contribution in [-0.4, -0.2) is 15.9 Å². The first-order valence-corrected chi connectivity index (χ1v) is 7.11. The standard InChI is InChI=1S/C14H10ClN3OS/c1-8-17-12-3-2-9(6-13(12)20-8)18-14(19)10-7-16-5-4-11(10)15/h2-7H,1H3,(H,18,19).